The second-order valence-electron chi connectivity index (χ2n) is 7.47. The minimum atomic E-state index is -3.09. The number of benzene rings is 1. The Labute approximate surface area is 170 Å². The number of aromatic nitrogens is 1. The molecule has 1 amide bonds. The number of alkyl halides is 2. The molecule has 0 saturated heterocycles. The number of amides is 1. The van der Waals surface area contributed by atoms with Gasteiger partial charge in [0.05, 0.1) is 18.2 Å². The van der Waals surface area contributed by atoms with Crippen molar-refractivity contribution in [2.24, 2.45) is 5.92 Å². The van der Waals surface area contributed by atoms with Crippen LogP contribution < -0.4 is 10.6 Å². The summed E-state index contributed by atoms with van der Waals surface area (Å²) in [5.41, 5.74) is 2.21. The van der Waals surface area contributed by atoms with E-state index in [1.54, 1.807) is 36.7 Å². The van der Waals surface area contributed by atoms with Crippen molar-refractivity contribution in [2.45, 2.75) is 45.2 Å². The van der Waals surface area contributed by atoms with Crippen LogP contribution in [0, 0.1) is 17.2 Å². The predicted octanol–water partition coefficient (Wildman–Crippen LogP) is 4.09. The van der Waals surface area contributed by atoms with E-state index in [-0.39, 0.29) is 12.5 Å². The fourth-order valence-corrected chi connectivity index (χ4v) is 3.12. The quantitative estimate of drug-likeness (QED) is 0.622. The van der Waals surface area contributed by atoms with E-state index in [1.807, 2.05) is 32.0 Å². The van der Waals surface area contributed by atoms with Gasteiger partial charge in [-0.1, -0.05) is 38.1 Å². The number of hydrogen-bond acceptors (Lipinski definition) is 4. The van der Waals surface area contributed by atoms with Gasteiger partial charge in [0.2, 0.25) is 5.91 Å². The number of hydrogen-bond donors (Lipinski definition) is 2. The highest BCUT2D eigenvalue weighted by Gasteiger charge is 2.38. The molecule has 154 valence electrons. The molecule has 7 heteroatoms. The largest absolute Gasteiger partial charge is 0.342 e. The molecule has 1 aromatic carbocycles. The molecule has 0 aliphatic rings. The number of pyridine rings is 1. The molecule has 0 aliphatic carbocycles. The molecule has 29 heavy (non-hydrogen) atoms. The number of nitrogens with one attached hydrogen (secondary N) is 2. The first kappa shape index (κ1) is 22.4. The summed E-state index contributed by atoms with van der Waals surface area (Å²) in [5.74, 6) is -3.44. The Kier molecular flexibility index (Phi) is 7.80. The predicted molar refractivity (Wildman–Crippen MR) is 108 cm³/mol. The Hall–Kier alpha value is -2.85. The lowest BCUT2D eigenvalue weighted by Crippen LogP contribution is -2.49. The lowest BCUT2D eigenvalue weighted by Gasteiger charge is -2.30. The summed E-state index contributed by atoms with van der Waals surface area (Å²) >= 11 is 0. The molecule has 0 bridgehead atoms. The highest BCUT2D eigenvalue weighted by Crippen LogP contribution is 2.33. The van der Waals surface area contributed by atoms with Crippen molar-refractivity contribution >= 4 is 5.91 Å². The molecule has 0 aliphatic heterocycles. The lowest BCUT2D eigenvalue weighted by molar-refractivity contribution is -0.124. The van der Waals surface area contributed by atoms with Crippen molar-refractivity contribution in [3.05, 3.63) is 54.4 Å². The molecule has 2 atom stereocenters. The van der Waals surface area contributed by atoms with Crippen LogP contribution in [0.5, 0.6) is 0 Å². The summed E-state index contributed by atoms with van der Waals surface area (Å²) in [5, 5.41) is 14.0. The standard InChI is InChI=1S/C22H26F2N4O/c1-15(2)14-19(21(29)27-13-10-25)28-20(22(3,23)24)18-6-4-16(5-7-18)17-8-11-26-12-9-17/h4-9,11-12,15,19-20,28H,13-14H2,1-3H3,(H,27,29)/t19-,20-/m0/s1. The Morgan fingerprint density at radius 2 is 1.72 bits per heavy atom. The van der Waals surface area contributed by atoms with Crippen LogP contribution in [0.1, 0.15) is 38.8 Å². The first-order valence-corrected chi connectivity index (χ1v) is 9.51. The van der Waals surface area contributed by atoms with Gasteiger partial charge in [0.15, 0.2) is 0 Å². The van der Waals surface area contributed by atoms with E-state index in [9.17, 15) is 13.6 Å². The van der Waals surface area contributed by atoms with E-state index >= 15 is 0 Å². The number of nitriles is 1. The van der Waals surface area contributed by atoms with Gasteiger partial charge in [-0.3, -0.25) is 15.1 Å². The van der Waals surface area contributed by atoms with E-state index in [4.69, 9.17) is 5.26 Å². The van der Waals surface area contributed by atoms with Crippen LogP contribution in [-0.4, -0.2) is 29.4 Å². The van der Waals surface area contributed by atoms with Crippen LogP contribution in [0.3, 0.4) is 0 Å². The van der Waals surface area contributed by atoms with Crippen molar-refractivity contribution in [2.75, 3.05) is 6.54 Å². The summed E-state index contributed by atoms with van der Waals surface area (Å²) in [6, 6.07) is 10.2. The Bertz CT molecular complexity index is 827. The Morgan fingerprint density at radius 1 is 1.14 bits per heavy atom. The van der Waals surface area contributed by atoms with Gasteiger partial charge in [0, 0.05) is 19.3 Å². The molecule has 0 spiro atoms. The van der Waals surface area contributed by atoms with Crippen LogP contribution in [0.2, 0.25) is 0 Å². The third kappa shape index (κ3) is 6.61. The summed E-state index contributed by atoms with van der Waals surface area (Å²) in [6.45, 7) is 4.49. The lowest BCUT2D eigenvalue weighted by atomic mass is 9.95. The van der Waals surface area contributed by atoms with E-state index in [0.29, 0.717) is 12.0 Å². The van der Waals surface area contributed by atoms with E-state index < -0.39 is 23.9 Å². The fraction of sp³-hybridized carbons (Fsp3) is 0.409. The summed E-state index contributed by atoms with van der Waals surface area (Å²) in [4.78, 5) is 16.4. The van der Waals surface area contributed by atoms with Gasteiger partial charge < -0.3 is 5.32 Å². The van der Waals surface area contributed by atoms with Crippen molar-refractivity contribution < 1.29 is 13.6 Å². The van der Waals surface area contributed by atoms with Gasteiger partial charge >= 0.3 is 0 Å². The molecular weight excluding hydrogens is 374 g/mol. The molecule has 1 aromatic heterocycles. The van der Waals surface area contributed by atoms with Gasteiger partial charge in [-0.15, -0.1) is 0 Å². The first-order chi connectivity index (χ1) is 13.7. The maximum absolute atomic E-state index is 14.5. The Balaban J connectivity index is 2.28. The van der Waals surface area contributed by atoms with Crippen molar-refractivity contribution in [1.29, 1.82) is 5.26 Å². The SMILES string of the molecule is CC(C)C[C@H](N[C@@H](c1ccc(-c2ccncc2)cc1)C(C)(F)F)C(=O)NCC#N. The number of carbonyl (C=O) groups excluding carboxylic acids is 1. The van der Waals surface area contributed by atoms with Gasteiger partial charge in [-0.25, -0.2) is 8.78 Å². The topological polar surface area (TPSA) is 77.8 Å². The van der Waals surface area contributed by atoms with Crippen LogP contribution in [-0.2, 0) is 4.79 Å². The fourth-order valence-electron chi connectivity index (χ4n) is 3.12. The number of nitrogens with zero attached hydrogens (tertiary/aromatic N) is 2. The molecule has 0 fully saturated rings. The van der Waals surface area contributed by atoms with Gasteiger partial charge in [0.25, 0.3) is 5.92 Å². The summed E-state index contributed by atoms with van der Waals surface area (Å²) in [6.07, 6.45) is 3.72. The van der Waals surface area contributed by atoms with Crippen LogP contribution in [0.15, 0.2) is 48.8 Å². The van der Waals surface area contributed by atoms with E-state index in [2.05, 4.69) is 15.6 Å². The first-order valence-electron chi connectivity index (χ1n) is 9.51. The number of halogens is 2. The van der Waals surface area contributed by atoms with Gasteiger partial charge in [0.1, 0.15) is 6.54 Å². The van der Waals surface area contributed by atoms with Crippen molar-refractivity contribution in [3.8, 4) is 17.2 Å². The molecule has 5 nitrogen and oxygen atoms in total. The molecule has 0 radical (unpaired) electrons. The molecule has 0 saturated carbocycles. The van der Waals surface area contributed by atoms with Crippen LogP contribution >= 0.6 is 0 Å². The molecule has 0 unspecified atom stereocenters. The summed E-state index contributed by atoms with van der Waals surface area (Å²) < 4.78 is 28.9. The third-order valence-electron chi connectivity index (χ3n) is 4.50. The minimum absolute atomic E-state index is 0.112. The second kappa shape index (κ2) is 10.1. The van der Waals surface area contributed by atoms with Gasteiger partial charge in [-0.2, -0.15) is 5.26 Å². The van der Waals surface area contributed by atoms with Gasteiger partial charge in [-0.05, 0) is 41.2 Å². The monoisotopic (exact) mass is 400 g/mol. The minimum Gasteiger partial charge on any atom is -0.342 e. The molecule has 1 heterocycles. The second-order valence-corrected chi connectivity index (χ2v) is 7.47. The zero-order chi connectivity index (χ0) is 21.4. The highest BCUT2D eigenvalue weighted by atomic mass is 19.3. The van der Waals surface area contributed by atoms with Crippen molar-refractivity contribution in [1.82, 2.24) is 15.6 Å². The van der Waals surface area contributed by atoms with E-state index in [0.717, 1.165) is 18.1 Å². The maximum Gasteiger partial charge on any atom is 0.264 e. The van der Waals surface area contributed by atoms with Crippen LogP contribution in [0.4, 0.5) is 8.78 Å². The molecule has 2 aromatic rings. The average Bonchev–Trinajstić information content (AvgIpc) is 2.69. The molecule has 2 N–H and O–H groups in total. The highest BCUT2D eigenvalue weighted by molar-refractivity contribution is 5.82. The number of rotatable bonds is 9. The van der Waals surface area contributed by atoms with Crippen molar-refractivity contribution in [3.63, 3.8) is 0 Å². The zero-order valence-electron chi connectivity index (χ0n) is 16.8. The normalized spacial score (nSPS) is 13.6. The molecule has 2 rings (SSSR count). The molecular formula is C22H26F2N4O. The number of carbonyl (C=O) groups is 1. The Morgan fingerprint density at radius 3 is 2.24 bits per heavy atom. The maximum atomic E-state index is 14.5. The van der Waals surface area contributed by atoms with E-state index in [1.165, 1.54) is 0 Å². The average molecular weight is 400 g/mol. The summed E-state index contributed by atoms with van der Waals surface area (Å²) in [7, 11) is 0. The van der Waals surface area contributed by atoms with Crippen LogP contribution in [0.25, 0.3) is 11.1 Å². The third-order valence-corrected chi connectivity index (χ3v) is 4.50. The zero-order valence-corrected chi connectivity index (χ0v) is 16.8. The smallest absolute Gasteiger partial charge is 0.264 e.